The molecule has 0 bridgehead atoms. The molecule has 96 valence electrons. The zero-order chi connectivity index (χ0) is 12.3. The van der Waals surface area contributed by atoms with Gasteiger partial charge in [0.25, 0.3) is 10.2 Å². The third-order valence-corrected chi connectivity index (χ3v) is 4.81. The van der Waals surface area contributed by atoms with E-state index >= 15 is 0 Å². The van der Waals surface area contributed by atoms with E-state index in [0.29, 0.717) is 18.9 Å². The minimum Gasteiger partial charge on any atom is -0.262 e. The van der Waals surface area contributed by atoms with Crippen LogP contribution in [0.1, 0.15) is 25.1 Å². The molecule has 1 saturated heterocycles. The lowest BCUT2D eigenvalue weighted by atomic mass is 10.2. The molecule has 0 amide bonds. The Morgan fingerprint density at radius 2 is 2.12 bits per heavy atom. The molecule has 1 N–H and O–H groups in total. The van der Waals surface area contributed by atoms with Crippen molar-refractivity contribution in [1.29, 1.82) is 0 Å². The molecule has 0 saturated carbocycles. The molecule has 0 aromatic carbocycles. The van der Waals surface area contributed by atoms with E-state index in [2.05, 4.69) is 15.2 Å². The van der Waals surface area contributed by atoms with Crippen LogP contribution in [0, 0.1) is 0 Å². The van der Waals surface area contributed by atoms with Crippen LogP contribution < -0.4 is 0 Å². The topological polar surface area (TPSA) is 82.2 Å². The van der Waals surface area contributed by atoms with Crippen molar-refractivity contribution < 1.29 is 8.42 Å². The van der Waals surface area contributed by atoms with Crippen molar-refractivity contribution in [3.63, 3.8) is 0 Å². The molecule has 0 atom stereocenters. The molecule has 1 aliphatic heterocycles. The summed E-state index contributed by atoms with van der Waals surface area (Å²) in [5.41, 5.74) is 0. The molecule has 8 heteroatoms. The Bertz CT molecular complexity index is 438. The van der Waals surface area contributed by atoms with E-state index < -0.39 is 10.2 Å². The van der Waals surface area contributed by atoms with E-state index in [0.717, 1.165) is 19.3 Å². The van der Waals surface area contributed by atoms with E-state index in [1.807, 2.05) is 0 Å². The molecule has 0 aliphatic carbocycles. The molecule has 17 heavy (non-hydrogen) atoms. The van der Waals surface area contributed by atoms with Gasteiger partial charge in [0.05, 0.1) is 6.54 Å². The van der Waals surface area contributed by atoms with Crippen LogP contribution in [0.15, 0.2) is 6.33 Å². The van der Waals surface area contributed by atoms with E-state index in [4.69, 9.17) is 0 Å². The summed E-state index contributed by atoms with van der Waals surface area (Å²) in [6.45, 7) is 1.45. The quantitative estimate of drug-likeness (QED) is 0.823. The van der Waals surface area contributed by atoms with Crippen molar-refractivity contribution in [2.45, 2.75) is 25.8 Å². The van der Waals surface area contributed by atoms with Crippen LogP contribution in [0.2, 0.25) is 0 Å². The Morgan fingerprint density at radius 1 is 1.41 bits per heavy atom. The lowest BCUT2D eigenvalue weighted by molar-refractivity contribution is 0.312. The summed E-state index contributed by atoms with van der Waals surface area (Å²) >= 11 is 0. The average molecular weight is 259 g/mol. The van der Waals surface area contributed by atoms with Crippen LogP contribution in [0.25, 0.3) is 0 Å². The standard InChI is InChI=1S/C9H17N5O2S/c1-13(7-9-10-8-11-12-9)17(15,16)14-5-3-2-4-6-14/h8H,2-7H2,1H3,(H,10,11,12). The van der Waals surface area contributed by atoms with E-state index in [-0.39, 0.29) is 6.54 Å². The minimum atomic E-state index is -3.36. The highest BCUT2D eigenvalue weighted by atomic mass is 32.2. The Labute approximate surface area is 101 Å². The predicted octanol–water partition coefficient (Wildman–Crippen LogP) is -0.0328. The molecule has 1 aromatic rings. The number of nitrogens with zero attached hydrogens (tertiary/aromatic N) is 4. The van der Waals surface area contributed by atoms with Crippen LogP contribution in [0.3, 0.4) is 0 Å². The second kappa shape index (κ2) is 5.11. The third-order valence-electron chi connectivity index (χ3n) is 2.87. The van der Waals surface area contributed by atoms with E-state index in [1.165, 1.54) is 14.9 Å². The van der Waals surface area contributed by atoms with E-state index in [1.54, 1.807) is 7.05 Å². The Morgan fingerprint density at radius 3 is 2.71 bits per heavy atom. The summed E-state index contributed by atoms with van der Waals surface area (Å²) in [5.74, 6) is 0.549. The molecule has 2 rings (SSSR count). The average Bonchev–Trinajstić information content (AvgIpc) is 2.83. The molecule has 1 fully saturated rings. The molecule has 0 unspecified atom stereocenters. The fourth-order valence-corrected chi connectivity index (χ4v) is 3.29. The van der Waals surface area contributed by atoms with Crippen LogP contribution in [-0.4, -0.2) is 52.3 Å². The molecule has 0 spiro atoms. The summed E-state index contributed by atoms with van der Waals surface area (Å²) < 4.78 is 27.2. The van der Waals surface area contributed by atoms with Gasteiger partial charge < -0.3 is 0 Å². The SMILES string of the molecule is CN(Cc1ncn[nH]1)S(=O)(=O)N1CCCCC1. The highest BCUT2D eigenvalue weighted by Gasteiger charge is 2.28. The summed E-state index contributed by atoms with van der Waals surface area (Å²) in [5, 5.41) is 6.36. The molecule has 1 aromatic heterocycles. The fourth-order valence-electron chi connectivity index (χ4n) is 1.89. The number of hydrogen-bond acceptors (Lipinski definition) is 4. The third kappa shape index (κ3) is 2.82. The number of hydrogen-bond donors (Lipinski definition) is 1. The number of piperidine rings is 1. The van der Waals surface area contributed by atoms with Crippen molar-refractivity contribution >= 4 is 10.2 Å². The minimum absolute atomic E-state index is 0.221. The fraction of sp³-hybridized carbons (Fsp3) is 0.778. The number of aromatic amines is 1. The van der Waals surface area contributed by atoms with Gasteiger partial charge in [-0.25, -0.2) is 4.98 Å². The summed E-state index contributed by atoms with van der Waals surface area (Å²) in [4.78, 5) is 3.92. The highest BCUT2D eigenvalue weighted by Crippen LogP contribution is 2.16. The maximum atomic E-state index is 12.2. The first-order chi connectivity index (χ1) is 8.10. The van der Waals surface area contributed by atoms with Crippen LogP contribution in [0.5, 0.6) is 0 Å². The van der Waals surface area contributed by atoms with Gasteiger partial charge in [-0.3, -0.25) is 5.10 Å². The van der Waals surface area contributed by atoms with Gasteiger partial charge in [0.2, 0.25) is 0 Å². The first-order valence-corrected chi connectivity index (χ1v) is 7.06. The smallest absolute Gasteiger partial charge is 0.262 e. The van der Waals surface area contributed by atoms with Crippen LogP contribution in [0.4, 0.5) is 0 Å². The summed E-state index contributed by atoms with van der Waals surface area (Å²) in [7, 11) is -1.80. The molecular weight excluding hydrogens is 242 g/mol. The molecule has 1 aliphatic rings. The number of H-pyrrole nitrogens is 1. The highest BCUT2D eigenvalue weighted by molar-refractivity contribution is 7.86. The maximum Gasteiger partial charge on any atom is 0.282 e. The number of rotatable bonds is 4. The van der Waals surface area contributed by atoms with Gasteiger partial charge >= 0.3 is 0 Å². The van der Waals surface area contributed by atoms with Gasteiger partial charge in [-0.15, -0.1) is 0 Å². The second-order valence-corrected chi connectivity index (χ2v) is 6.19. The lowest BCUT2D eigenvalue weighted by Gasteiger charge is -2.29. The normalized spacial score (nSPS) is 18.7. The second-order valence-electron chi connectivity index (χ2n) is 4.16. The van der Waals surface area contributed by atoms with Crippen LogP contribution >= 0.6 is 0 Å². The largest absolute Gasteiger partial charge is 0.282 e. The summed E-state index contributed by atoms with van der Waals surface area (Å²) in [6, 6.07) is 0. The zero-order valence-electron chi connectivity index (χ0n) is 9.83. The molecule has 7 nitrogen and oxygen atoms in total. The van der Waals surface area contributed by atoms with Crippen LogP contribution in [-0.2, 0) is 16.8 Å². The van der Waals surface area contributed by atoms with Gasteiger partial charge in [-0.05, 0) is 12.8 Å². The van der Waals surface area contributed by atoms with Crippen molar-refractivity contribution in [3.05, 3.63) is 12.2 Å². The number of nitrogens with one attached hydrogen (secondary N) is 1. The van der Waals surface area contributed by atoms with Gasteiger partial charge in [0.15, 0.2) is 0 Å². The van der Waals surface area contributed by atoms with Crippen molar-refractivity contribution in [2.24, 2.45) is 0 Å². The van der Waals surface area contributed by atoms with Gasteiger partial charge in [-0.2, -0.15) is 22.1 Å². The Balaban J connectivity index is 2.03. The first kappa shape index (κ1) is 12.5. The maximum absolute atomic E-state index is 12.2. The Kier molecular flexibility index (Phi) is 3.75. The van der Waals surface area contributed by atoms with Crippen molar-refractivity contribution in [3.8, 4) is 0 Å². The predicted molar refractivity (Wildman–Crippen MR) is 62.2 cm³/mol. The molecular formula is C9H17N5O2S. The first-order valence-electron chi connectivity index (χ1n) is 5.66. The van der Waals surface area contributed by atoms with Gasteiger partial charge in [-0.1, -0.05) is 6.42 Å². The molecule has 2 heterocycles. The lowest BCUT2D eigenvalue weighted by Crippen LogP contribution is -2.44. The Hall–Kier alpha value is -0.990. The zero-order valence-corrected chi connectivity index (χ0v) is 10.7. The monoisotopic (exact) mass is 259 g/mol. The van der Waals surface area contributed by atoms with Gasteiger partial charge in [0, 0.05) is 20.1 Å². The van der Waals surface area contributed by atoms with Crippen molar-refractivity contribution in [2.75, 3.05) is 20.1 Å². The van der Waals surface area contributed by atoms with Gasteiger partial charge in [0.1, 0.15) is 12.2 Å². The molecule has 0 radical (unpaired) electrons. The van der Waals surface area contributed by atoms with Crippen molar-refractivity contribution in [1.82, 2.24) is 23.8 Å². The summed E-state index contributed by atoms with van der Waals surface area (Å²) in [6.07, 6.45) is 4.36. The van der Waals surface area contributed by atoms with E-state index in [9.17, 15) is 8.42 Å². The number of aromatic nitrogens is 3.